The summed E-state index contributed by atoms with van der Waals surface area (Å²) < 4.78 is 52.1. The molecular weight excluding hydrogens is 272 g/mol. The van der Waals surface area contributed by atoms with Crippen molar-refractivity contribution < 1.29 is 17.6 Å². The number of rotatable bonds is 3. The Bertz CT molecular complexity index is 479. The molecule has 1 saturated heterocycles. The number of nitrogens with zero attached hydrogens (tertiary/aromatic N) is 1. The first kappa shape index (κ1) is 15.0. The molecule has 2 nitrogen and oxygen atoms in total. The summed E-state index contributed by atoms with van der Waals surface area (Å²) in [7, 11) is 0. The molecule has 1 aromatic carbocycles. The molecule has 0 unspecified atom stereocenters. The van der Waals surface area contributed by atoms with Crippen LogP contribution in [0.5, 0.6) is 0 Å². The Balaban J connectivity index is 2.35. The standard InChI is InChI=1S/C14H16F4N2/c1-2-13(20-7-5-19-6-8-20)11-9-10(14(16,17)18)3-4-12(11)15/h2-4,9,13,19H,1,5-8H2/t13-/m1/s1. The maximum Gasteiger partial charge on any atom is 0.416 e. The zero-order chi connectivity index (χ0) is 14.8. The Morgan fingerprint density at radius 1 is 1.25 bits per heavy atom. The predicted octanol–water partition coefficient (Wildman–Crippen LogP) is 2.98. The molecular formula is C14H16F4N2. The van der Waals surface area contributed by atoms with Gasteiger partial charge in [0.2, 0.25) is 0 Å². The number of nitrogens with one attached hydrogen (secondary N) is 1. The van der Waals surface area contributed by atoms with Crippen LogP contribution in [0.2, 0.25) is 0 Å². The Morgan fingerprint density at radius 2 is 1.90 bits per heavy atom. The van der Waals surface area contributed by atoms with Crippen molar-refractivity contribution in [3.63, 3.8) is 0 Å². The fraction of sp³-hybridized carbons (Fsp3) is 0.429. The lowest BCUT2D eigenvalue weighted by molar-refractivity contribution is -0.137. The van der Waals surface area contributed by atoms with E-state index in [-0.39, 0.29) is 5.56 Å². The molecule has 1 heterocycles. The molecule has 110 valence electrons. The SMILES string of the molecule is C=C[C@H](c1cc(C(F)(F)F)ccc1F)N1CCNCC1. The van der Waals surface area contributed by atoms with Gasteiger partial charge in [0, 0.05) is 31.7 Å². The highest BCUT2D eigenvalue weighted by Gasteiger charge is 2.32. The van der Waals surface area contributed by atoms with Crippen molar-refractivity contribution >= 4 is 0 Å². The van der Waals surface area contributed by atoms with Crippen LogP contribution in [0.15, 0.2) is 30.9 Å². The molecule has 0 amide bonds. The third-order valence-electron chi connectivity index (χ3n) is 3.41. The Kier molecular flexibility index (Phi) is 4.45. The van der Waals surface area contributed by atoms with Gasteiger partial charge in [-0.1, -0.05) is 6.08 Å². The third-order valence-corrected chi connectivity index (χ3v) is 3.41. The lowest BCUT2D eigenvalue weighted by Crippen LogP contribution is -2.44. The number of benzene rings is 1. The molecule has 0 aromatic heterocycles. The first-order valence-electron chi connectivity index (χ1n) is 6.37. The molecule has 1 N–H and O–H groups in total. The van der Waals surface area contributed by atoms with Crippen molar-refractivity contribution in [1.82, 2.24) is 10.2 Å². The normalized spacial score (nSPS) is 18.8. The maximum absolute atomic E-state index is 13.9. The van der Waals surface area contributed by atoms with Gasteiger partial charge in [-0.2, -0.15) is 13.2 Å². The number of halogens is 4. The Labute approximate surface area is 115 Å². The van der Waals surface area contributed by atoms with Gasteiger partial charge in [0.25, 0.3) is 0 Å². The number of piperazine rings is 1. The van der Waals surface area contributed by atoms with Gasteiger partial charge in [0.15, 0.2) is 0 Å². The molecule has 1 fully saturated rings. The highest BCUT2D eigenvalue weighted by atomic mass is 19.4. The van der Waals surface area contributed by atoms with E-state index in [1.54, 1.807) is 0 Å². The molecule has 0 saturated carbocycles. The second-order valence-corrected chi connectivity index (χ2v) is 4.70. The number of alkyl halides is 3. The summed E-state index contributed by atoms with van der Waals surface area (Å²) >= 11 is 0. The lowest BCUT2D eigenvalue weighted by Gasteiger charge is -2.33. The second kappa shape index (κ2) is 5.93. The summed E-state index contributed by atoms with van der Waals surface area (Å²) in [4.78, 5) is 1.92. The summed E-state index contributed by atoms with van der Waals surface area (Å²) in [5.41, 5.74) is -0.812. The van der Waals surface area contributed by atoms with Crippen molar-refractivity contribution in [3.05, 3.63) is 47.8 Å². The molecule has 6 heteroatoms. The first-order chi connectivity index (χ1) is 9.43. The molecule has 1 aromatic rings. The second-order valence-electron chi connectivity index (χ2n) is 4.70. The Morgan fingerprint density at radius 3 is 2.45 bits per heavy atom. The summed E-state index contributed by atoms with van der Waals surface area (Å²) in [5.74, 6) is -0.638. The van der Waals surface area contributed by atoms with Gasteiger partial charge >= 0.3 is 6.18 Å². The fourth-order valence-corrected chi connectivity index (χ4v) is 2.38. The van der Waals surface area contributed by atoms with E-state index < -0.39 is 23.6 Å². The molecule has 0 bridgehead atoms. The van der Waals surface area contributed by atoms with Crippen molar-refractivity contribution in [3.8, 4) is 0 Å². The summed E-state index contributed by atoms with van der Waals surface area (Å²) in [6, 6.07) is 1.97. The van der Waals surface area contributed by atoms with Gasteiger partial charge in [0.05, 0.1) is 11.6 Å². The minimum atomic E-state index is -4.47. The smallest absolute Gasteiger partial charge is 0.314 e. The molecule has 1 atom stereocenters. The topological polar surface area (TPSA) is 15.3 Å². The number of hydrogen-bond acceptors (Lipinski definition) is 2. The van der Waals surface area contributed by atoms with Crippen LogP contribution in [0.25, 0.3) is 0 Å². The zero-order valence-electron chi connectivity index (χ0n) is 10.9. The van der Waals surface area contributed by atoms with E-state index >= 15 is 0 Å². The van der Waals surface area contributed by atoms with Crippen molar-refractivity contribution in [2.75, 3.05) is 26.2 Å². The Hall–Kier alpha value is -1.40. The summed E-state index contributed by atoms with van der Waals surface area (Å²) in [6.45, 7) is 6.38. The molecule has 0 aliphatic carbocycles. The predicted molar refractivity (Wildman–Crippen MR) is 68.8 cm³/mol. The number of hydrogen-bond donors (Lipinski definition) is 1. The molecule has 0 spiro atoms. The van der Waals surface area contributed by atoms with Crippen LogP contribution in [0, 0.1) is 5.82 Å². The molecule has 1 aliphatic heterocycles. The average Bonchev–Trinajstić information content (AvgIpc) is 2.41. The quantitative estimate of drug-likeness (QED) is 0.679. The summed E-state index contributed by atoms with van der Waals surface area (Å²) in [6.07, 6.45) is -2.98. The van der Waals surface area contributed by atoms with Crippen LogP contribution in [0.4, 0.5) is 17.6 Å². The van der Waals surface area contributed by atoms with E-state index in [1.807, 2.05) is 4.90 Å². The van der Waals surface area contributed by atoms with Gasteiger partial charge in [-0.25, -0.2) is 4.39 Å². The molecule has 2 rings (SSSR count). The van der Waals surface area contributed by atoms with E-state index in [1.165, 1.54) is 6.08 Å². The van der Waals surface area contributed by atoms with E-state index in [0.717, 1.165) is 31.3 Å². The van der Waals surface area contributed by atoms with Gasteiger partial charge in [-0.05, 0) is 18.2 Å². The van der Waals surface area contributed by atoms with Crippen molar-refractivity contribution in [2.45, 2.75) is 12.2 Å². The maximum atomic E-state index is 13.9. The van der Waals surface area contributed by atoms with Gasteiger partial charge in [-0.3, -0.25) is 4.90 Å². The van der Waals surface area contributed by atoms with E-state index in [9.17, 15) is 17.6 Å². The molecule has 20 heavy (non-hydrogen) atoms. The van der Waals surface area contributed by atoms with Crippen LogP contribution < -0.4 is 5.32 Å². The van der Waals surface area contributed by atoms with Crippen LogP contribution in [-0.2, 0) is 6.18 Å². The van der Waals surface area contributed by atoms with Crippen molar-refractivity contribution in [1.29, 1.82) is 0 Å². The minimum absolute atomic E-state index is 0.0247. The average molecular weight is 288 g/mol. The van der Waals surface area contributed by atoms with E-state index in [4.69, 9.17) is 0 Å². The first-order valence-corrected chi connectivity index (χ1v) is 6.37. The van der Waals surface area contributed by atoms with Crippen molar-refractivity contribution in [2.24, 2.45) is 0 Å². The van der Waals surface area contributed by atoms with Gasteiger partial charge < -0.3 is 5.32 Å². The van der Waals surface area contributed by atoms with E-state index in [2.05, 4.69) is 11.9 Å². The van der Waals surface area contributed by atoms with Gasteiger partial charge in [-0.15, -0.1) is 6.58 Å². The fourth-order valence-electron chi connectivity index (χ4n) is 2.38. The van der Waals surface area contributed by atoms with Crippen LogP contribution in [0.1, 0.15) is 17.2 Å². The van der Waals surface area contributed by atoms with Crippen LogP contribution in [-0.4, -0.2) is 31.1 Å². The largest absolute Gasteiger partial charge is 0.416 e. The summed E-state index contributed by atoms with van der Waals surface area (Å²) in [5, 5.41) is 3.15. The highest BCUT2D eigenvalue weighted by molar-refractivity contribution is 5.31. The molecule has 0 radical (unpaired) electrons. The lowest BCUT2D eigenvalue weighted by atomic mass is 10.0. The van der Waals surface area contributed by atoms with E-state index in [0.29, 0.717) is 13.1 Å². The monoisotopic (exact) mass is 288 g/mol. The minimum Gasteiger partial charge on any atom is -0.314 e. The van der Waals surface area contributed by atoms with Gasteiger partial charge in [0.1, 0.15) is 5.82 Å². The molecule has 1 aliphatic rings. The third kappa shape index (κ3) is 3.19. The zero-order valence-corrected chi connectivity index (χ0v) is 10.9. The van der Waals surface area contributed by atoms with Crippen LogP contribution >= 0.6 is 0 Å². The highest BCUT2D eigenvalue weighted by Crippen LogP contribution is 2.33. The van der Waals surface area contributed by atoms with Crippen LogP contribution in [0.3, 0.4) is 0 Å².